The molecular weight excluding hydrogens is 385 g/mol. The van der Waals surface area contributed by atoms with Crippen LogP contribution in [-0.2, 0) is 0 Å². The fourth-order valence-electron chi connectivity index (χ4n) is 2.58. The Bertz CT molecular complexity index is 682. The van der Waals surface area contributed by atoms with Gasteiger partial charge in [-0.25, -0.2) is 9.38 Å². The van der Waals surface area contributed by atoms with Crippen molar-refractivity contribution < 1.29 is 30.7 Å². The van der Waals surface area contributed by atoms with Gasteiger partial charge in [-0.05, 0) is 38.0 Å². The van der Waals surface area contributed by atoms with Crippen molar-refractivity contribution in [2.45, 2.75) is 50.0 Å². The molecule has 1 aromatic rings. The molecule has 1 heterocycles. The Hall–Kier alpha value is -1.45. The van der Waals surface area contributed by atoms with Gasteiger partial charge in [0.15, 0.2) is 0 Å². The summed E-state index contributed by atoms with van der Waals surface area (Å²) in [4.78, 5) is 5.24. The van der Waals surface area contributed by atoms with Crippen LogP contribution in [0.4, 0.5) is 36.4 Å². The quantitative estimate of drug-likeness (QED) is 0.463. The maximum Gasteiger partial charge on any atom is 0.408 e. The Morgan fingerprint density at radius 1 is 1.19 bits per heavy atom. The summed E-state index contributed by atoms with van der Waals surface area (Å²) in [6.45, 7) is 2.60. The Kier molecular flexibility index (Phi) is 6.14. The van der Waals surface area contributed by atoms with Crippen molar-refractivity contribution in [3.05, 3.63) is 23.5 Å². The Morgan fingerprint density at radius 3 is 2.42 bits per heavy atom. The van der Waals surface area contributed by atoms with E-state index in [4.69, 9.17) is 0 Å². The number of benzene rings is 1. The predicted octanol–water partition coefficient (Wildman–Crippen LogP) is 5.87. The third-order valence-electron chi connectivity index (χ3n) is 3.96. The molecule has 1 aromatic carbocycles. The number of nitrogens with zero attached hydrogens (tertiary/aromatic N) is 2. The fraction of sp³-hybridized carbons (Fsp3) is 0.562. The maximum absolute atomic E-state index is 14.1. The highest BCUT2D eigenvalue weighted by molar-refractivity contribution is 7.99. The number of likely N-dealkylation sites (tertiary alicyclic amines) is 1. The number of hydrogen-bond acceptors (Lipinski definition) is 2. The lowest BCUT2D eigenvalue weighted by Gasteiger charge is -2.28. The first kappa shape index (κ1) is 20.9. The van der Waals surface area contributed by atoms with Gasteiger partial charge in [-0.2, -0.15) is 26.3 Å². The van der Waals surface area contributed by atoms with E-state index in [0.717, 1.165) is 24.0 Å². The van der Waals surface area contributed by atoms with Crippen molar-refractivity contribution in [3.63, 3.8) is 0 Å². The molecule has 0 saturated carbocycles. The lowest BCUT2D eigenvalue weighted by atomic mass is 10.2. The van der Waals surface area contributed by atoms with Gasteiger partial charge in [0.05, 0.1) is 5.75 Å². The molecule has 0 radical (unpaired) electrons. The largest absolute Gasteiger partial charge is 0.408 e. The number of aryl methyl sites for hydroxylation is 1. The van der Waals surface area contributed by atoms with Crippen LogP contribution in [0.2, 0.25) is 0 Å². The molecule has 1 atom stereocenters. The highest BCUT2D eigenvalue weighted by Gasteiger charge is 2.42. The number of amidine groups is 1. The van der Waals surface area contributed by atoms with Crippen LogP contribution in [0.25, 0.3) is 0 Å². The standard InChI is InChI=1S/C16H17F7N2S/c1-9-6-11(17)12(7-13(9)26-8-15(18,19)20)24-14-4-3-5-25(14)10(2)16(21,22)23/h6-7,10H,3-5,8H2,1-2H3/b24-14+. The second kappa shape index (κ2) is 7.66. The van der Waals surface area contributed by atoms with Gasteiger partial charge in [0, 0.05) is 17.9 Å². The topological polar surface area (TPSA) is 15.6 Å². The van der Waals surface area contributed by atoms with Crippen molar-refractivity contribution >= 4 is 23.3 Å². The molecule has 0 amide bonds. The Labute approximate surface area is 150 Å². The van der Waals surface area contributed by atoms with Gasteiger partial charge in [0.2, 0.25) is 0 Å². The maximum atomic E-state index is 14.1. The summed E-state index contributed by atoms with van der Waals surface area (Å²) < 4.78 is 90.2. The van der Waals surface area contributed by atoms with Crippen LogP contribution in [0.15, 0.2) is 22.0 Å². The molecule has 0 aliphatic carbocycles. The lowest BCUT2D eigenvalue weighted by molar-refractivity contribution is -0.167. The molecule has 26 heavy (non-hydrogen) atoms. The van der Waals surface area contributed by atoms with E-state index >= 15 is 0 Å². The van der Waals surface area contributed by atoms with E-state index in [-0.39, 0.29) is 29.4 Å². The summed E-state index contributed by atoms with van der Waals surface area (Å²) in [7, 11) is 0. The lowest BCUT2D eigenvalue weighted by Crippen LogP contribution is -2.44. The zero-order chi connectivity index (χ0) is 19.7. The van der Waals surface area contributed by atoms with Crippen LogP contribution >= 0.6 is 11.8 Å². The SMILES string of the molecule is Cc1cc(F)c(/N=C2\CCCN2C(C)C(F)(F)F)cc1SCC(F)(F)F. The molecule has 0 aromatic heterocycles. The molecule has 146 valence electrons. The number of hydrogen-bond donors (Lipinski definition) is 0. The molecule has 2 rings (SSSR count). The number of halogens is 7. The number of rotatable bonds is 4. The van der Waals surface area contributed by atoms with E-state index in [2.05, 4.69) is 4.99 Å². The average molecular weight is 402 g/mol. The molecular formula is C16H17F7N2S. The van der Waals surface area contributed by atoms with Crippen molar-refractivity contribution in [3.8, 4) is 0 Å². The monoisotopic (exact) mass is 402 g/mol. The zero-order valence-corrected chi connectivity index (χ0v) is 14.8. The minimum absolute atomic E-state index is 0.0874. The van der Waals surface area contributed by atoms with Crippen LogP contribution < -0.4 is 0 Å². The van der Waals surface area contributed by atoms with Gasteiger partial charge in [-0.3, -0.25) is 0 Å². The average Bonchev–Trinajstić information content (AvgIpc) is 2.94. The number of aliphatic imine (C=N–C) groups is 1. The molecule has 1 saturated heterocycles. The molecule has 2 nitrogen and oxygen atoms in total. The van der Waals surface area contributed by atoms with Gasteiger partial charge in [0.25, 0.3) is 0 Å². The summed E-state index contributed by atoms with van der Waals surface area (Å²) >= 11 is 0.492. The second-order valence-corrected chi connectivity index (χ2v) is 7.03. The number of thioether (sulfide) groups is 1. The molecule has 1 aliphatic heterocycles. The minimum Gasteiger partial charge on any atom is -0.348 e. The summed E-state index contributed by atoms with van der Waals surface area (Å²) in [6.07, 6.45) is -8.15. The first-order chi connectivity index (χ1) is 11.9. The van der Waals surface area contributed by atoms with Crippen LogP contribution in [-0.4, -0.2) is 41.4 Å². The van der Waals surface area contributed by atoms with Crippen molar-refractivity contribution in [1.82, 2.24) is 4.90 Å². The summed E-state index contributed by atoms with van der Waals surface area (Å²) in [6, 6.07) is 0.435. The first-order valence-electron chi connectivity index (χ1n) is 7.79. The van der Waals surface area contributed by atoms with Gasteiger partial charge >= 0.3 is 12.4 Å². The van der Waals surface area contributed by atoms with Crippen LogP contribution in [0.5, 0.6) is 0 Å². The highest BCUT2D eigenvalue weighted by atomic mass is 32.2. The Balaban J connectivity index is 2.31. The molecule has 0 spiro atoms. The van der Waals surface area contributed by atoms with Crippen molar-refractivity contribution in [1.29, 1.82) is 0 Å². The second-order valence-electron chi connectivity index (χ2n) is 6.02. The van der Waals surface area contributed by atoms with E-state index in [0.29, 0.717) is 23.7 Å². The predicted molar refractivity (Wildman–Crippen MR) is 86.5 cm³/mol. The number of alkyl halides is 6. The van der Waals surface area contributed by atoms with Gasteiger partial charge in [0.1, 0.15) is 23.4 Å². The van der Waals surface area contributed by atoms with E-state index < -0.39 is 30.0 Å². The highest BCUT2D eigenvalue weighted by Crippen LogP contribution is 2.35. The van der Waals surface area contributed by atoms with E-state index in [1.807, 2.05) is 0 Å². The van der Waals surface area contributed by atoms with Crippen molar-refractivity contribution in [2.24, 2.45) is 4.99 Å². The fourth-order valence-corrected chi connectivity index (χ4v) is 3.38. The molecule has 1 fully saturated rings. The molecule has 1 aliphatic rings. The summed E-state index contributed by atoms with van der Waals surface area (Å²) in [5.74, 6) is -1.84. The van der Waals surface area contributed by atoms with Gasteiger partial charge in [-0.1, -0.05) is 0 Å². The molecule has 0 N–H and O–H groups in total. The van der Waals surface area contributed by atoms with Crippen molar-refractivity contribution in [2.75, 3.05) is 12.3 Å². The molecule has 0 bridgehead atoms. The van der Waals surface area contributed by atoms with E-state index in [9.17, 15) is 30.7 Å². The van der Waals surface area contributed by atoms with E-state index in [1.165, 1.54) is 6.92 Å². The van der Waals surface area contributed by atoms with Gasteiger partial charge < -0.3 is 4.90 Å². The van der Waals surface area contributed by atoms with Crippen LogP contribution in [0.3, 0.4) is 0 Å². The normalized spacial score (nSPS) is 18.7. The third kappa shape index (κ3) is 5.28. The van der Waals surface area contributed by atoms with Crippen LogP contribution in [0, 0.1) is 12.7 Å². The summed E-state index contributed by atoms with van der Waals surface area (Å²) in [5, 5.41) is 0. The van der Waals surface area contributed by atoms with Gasteiger partial charge in [-0.15, -0.1) is 11.8 Å². The van der Waals surface area contributed by atoms with E-state index in [1.54, 1.807) is 0 Å². The smallest absolute Gasteiger partial charge is 0.348 e. The first-order valence-corrected chi connectivity index (χ1v) is 8.77. The van der Waals surface area contributed by atoms with Crippen LogP contribution in [0.1, 0.15) is 25.3 Å². The zero-order valence-electron chi connectivity index (χ0n) is 14.0. The minimum atomic E-state index is -4.45. The summed E-state index contributed by atoms with van der Waals surface area (Å²) in [5.41, 5.74) is 0.0594. The molecule has 1 unspecified atom stereocenters. The molecule has 10 heteroatoms. The Morgan fingerprint density at radius 2 is 1.85 bits per heavy atom. The third-order valence-corrected chi connectivity index (χ3v) is 5.18.